The zero-order valence-electron chi connectivity index (χ0n) is 12.3. The van der Waals surface area contributed by atoms with Crippen LogP contribution in [0.5, 0.6) is 0 Å². The summed E-state index contributed by atoms with van der Waals surface area (Å²) < 4.78 is 12.0. The lowest BCUT2D eigenvalue weighted by Crippen LogP contribution is -2.01. The van der Waals surface area contributed by atoms with Crippen LogP contribution >= 0.6 is 11.6 Å². The second kappa shape index (κ2) is 6.15. The number of hydrogen-bond acceptors (Lipinski definition) is 3. The number of rotatable bonds is 3. The lowest BCUT2D eigenvalue weighted by molar-refractivity contribution is 0.687. The van der Waals surface area contributed by atoms with E-state index in [9.17, 15) is 4.21 Å². The molecule has 0 radical (unpaired) electrons. The van der Waals surface area contributed by atoms with Crippen molar-refractivity contribution in [3.05, 3.63) is 53.2 Å². The molecule has 5 heteroatoms. The van der Waals surface area contributed by atoms with Gasteiger partial charge in [-0.2, -0.15) is 0 Å². The van der Waals surface area contributed by atoms with E-state index in [1.54, 1.807) is 12.3 Å². The number of aryl methyl sites for hydroxylation is 1. The smallest absolute Gasteiger partial charge is 0.108 e. The molecule has 112 valence electrons. The SMILES string of the molecule is CCc1nc2cccc(Cl)c2nc1-c1ccccc1S(C)=O. The van der Waals surface area contributed by atoms with Crippen LogP contribution in [-0.2, 0) is 17.2 Å². The first kappa shape index (κ1) is 15.1. The summed E-state index contributed by atoms with van der Waals surface area (Å²) >= 11 is 6.25. The molecule has 0 N–H and O–H groups in total. The van der Waals surface area contributed by atoms with Crippen LogP contribution in [0.15, 0.2) is 47.4 Å². The van der Waals surface area contributed by atoms with E-state index in [1.165, 1.54) is 0 Å². The molecule has 0 amide bonds. The summed E-state index contributed by atoms with van der Waals surface area (Å²) in [5.74, 6) is 0. The van der Waals surface area contributed by atoms with E-state index in [2.05, 4.69) is 4.98 Å². The molecule has 0 aliphatic rings. The summed E-state index contributed by atoms with van der Waals surface area (Å²) in [6.45, 7) is 2.04. The van der Waals surface area contributed by atoms with Crippen LogP contribution < -0.4 is 0 Å². The number of fused-ring (bicyclic) bond motifs is 1. The molecule has 0 fully saturated rings. The molecular weight excluding hydrogens is 316 g/mol. The Balaban J connectivity index is 2.35. The molecule has 3 aromatic rings. The summed E-state index contributed by atoms with van der Waals surface area (Å²) in [6.07, 6.45) is 2.42. The van der Waals surface area contributed by atoms with Gasteiger partial charge in [0.1, 0.15) is 5.52 Å². The Morgan fingerprint density at radius 3 is 2.59 bits per heavy atom. The van der Waals surface area contributed by atoms with Crippen molar-refractivity contribution in [1.29, 1.82) is 0 Å². The fourth-order valence-electron chi connectivity index (χ4n) is 2.45. The van der Waals surface area contributed by atoms with Crippen molar-refractivity contribution in [2.45, 2.75) is 18.2 Å². The van der Waals surface area contributed by atoms with Gasteiger partial charge in [-0.25, -0.2) is 9.97 Å². The van der Waals surface area contributed by atoms with Gasteiger partial charge < -0.3 is 0 Å². The highest BCUT2D eigenvalue weighted by Crippen LogP contribution is 2.30. The van der Waals surface area contributed by atoms with Crippen LogP contribution in [0.3, 0.4) is 0 Å². The van der Waals surface area contributed by atoms with Crippen LogP contribution in [-0.4, -0.2) is 20.4 Å². The molecule has 0 saturated heterocycles. The molecule has 3 nitrogen and oxygen atoms in total. The van der Waals surface area contributed by atoms with Crippen molar-refractivity contribution in [3.8, 4) is 11.3 Å². The average Bonchev–Trinajstić information content (AvgIpc) is 2.54. The van der Waals surface area contributed by atoms with Gasteiger partial charge in [-0.15, -0.1) is 0 Å². The highest BCUT2D eigenvalue weighted by Gasteiger charge is 2.15. The molecule has 2 aromatic carbocycles. The Bertz CT molecular complexity index is 880. The van der Waals surface area contributed by atoms with Crippen molar-refractivity contribution >= 4 is 33.4 Å². The second-order valence-electron chi connectivity index (χ2n) is 4.93. The standard InChI is InChI=1S/C17H15ClN2OS/c1-3-13-16(11-7-4-5-10-15(11)22(2)21)20-17-12(18)8-6-9-14(17)19-13/h4-10H,3H2,1-2H3. The Morgan fingerprint density at radius 2 is 1.86 bits per heavy atom. The van der Waals surface area contributed by atoms with Crippen LogP contribution in [0.2, 0.25) is 5.02 Å². The number of halogens is 1. The third-order valence-electron chi connectivity index (χ3n) is 3.50. The van der Waals surface area contributed by atoms with E-state index in [0.29, 0.717) is 10.5 Å². The second-order valence-corrected chi connectivity index (χ2v) is 6.69. The van der Waals surface area contributed by atoms with E-state index < -0.39 is 10.8 Å². The number of benzene rings is 2. The maximum absolute atomic E-state index is 12.0. The molecule has 0 saturated carbocycles. The lowest BCUT2D eigenvalue weighted by Gasteiger charge is -2.12. The van der Waals surface area contributed by atoms with Gasteiger partial charge in [-0.3, -0.25) is 4.21 Å². The van der Waals surface area contributed by atoms with Crippen molar-refractivity contribution in [2.24, 2.45) is 0 Å². The number of nitrogens with zero attached hydrogens (tertiary/aromatic N) is 2. The van der Waals surface area contributed by atoms with Gasteiger partial charge in [-0.05, 0) is 24.6 Å². The van der Waals surface area contributed by atoms with E-state index in [4.69, 9.17) is 16.6 Å². The van der Waals surface area contributed by atoms with Crippen molar-refractivity contribution in [3.63, 3.8) is 0 Å². The Morgan fingerprint density at radius 1 is 1.09 bits per heavy atom. The van der Waals surface area contributed by atoms with Gasteiger partial charge in [-0.1, -0.05) is 42.8 Å². The number of aromatic nitrogens is 2. The van der Waals surface area contributed by atoms with Crippen molar-refractivity contribution in [1.82, 2.24) is 9.97 Å². The van der Waals surface area contributed by atoms with Crippen LogP contribution in [0.25, 0.3) is 22.3 Å². The fourth-order valence-corrected chi connectivity index (χ4v) is 3.41. The molecule has 0 aliphatic carbocycles. The third-order valence-corrected chi connectivity index (χ3v) is 4.78. The van der Waals surface area contributed by atoms with Crippen molar-refractivity contribution in [2.75, 3.05) is 6.26 Å². The molecule has 1 heterocycles. The Hall–Kier alpha value is -1.78. The maximum atomic E-state index is 12.0. The van der Waals surface area contributed by atoms with Gasteiger partial charge in [0.25, 0.3) is 0 Å². The molecule has 0 bridgehead atoms. The highest BCUT2D eigenvalue weighted by molar-refractivity contribution is 7.84. The van der Waals surface area contributed by atoms with Crippen LogP contribution in [0.4, 0.5) is 0 Å². The first-order chi connectivity index (χ1) is 10.6. The van der Waals surface area contributed by atoms with E-state index >= 15 is 0 Å². The minimum absolute atomic E-state index is 0.573. The molecule has 22 heavy (non-hydrogen) atoms. The van der Waals surface area contributed by atoms with Crippen molar-refractivity contribution < 1.29 is 4.21 Å². The summed E-state index contributed by atoms with van der Waals surface area (Å²) in [6, 6.07) is 13.2. The summed E-state index contributed by atoms with van der Waals surface area (Å²) in [5.41, 5.74) is 3.95. The summed E-state index contributed by atoms with van der Waals surface area (Å²) in [4.78, 5) is 10.2. The molecule has 1 aromatic heterocycles. The highest BCUT2D eigenvalue weighted by atomic mass is 35.5. The molecule has 3 rings (SSSR count). The van der Waals surface area contributed by atoms with E-state index in [0.717, 1.165) is 33.8 Å². The Labute approximate surface area is 136 Å². The Kier molecular flexibility index (Phi) is 4.23. The fraction of sp³-hybridized carbons (Fsp3) is 0.176. The van der Waals surface area contributed by atoms with Gasteiger partial charge in [0.2, 0.25) is 0 Å². The van der Waals surface area contributed by atoms with Gasteiger partial charge >= 0.3 is 0 Å². The van der Waals surface area contributed by atoms with Crippen LogP contribution in [0, 0.1) is 0 Å². The topological polar surface area (TPSA) is 42.9 Å². The monoisotopic (exact) mass is 330 g/mol. The normalized spacial score (nSPS) is 12.5. The molecule has 1 unspecified atom stereocenters. The van der Waals surface area contributed by atoms with E-state index in [1.807, 2.05) is 43.3 Å². The number of hydrogen-bond donors (Lipinski definition) is 0. The maximum Gasteiger partial charge on any atom is 0.108 e. The minimum Gasteiger partial charge on any atom is -0.255 e. The quantitative estimate of drug-likeness (QED) is 0.721. The largest absolute Gasteiger partial charge is 0.255 e. The average molecular weight is 331 g/mol. The zero-order chi connectivity index (χ0) is 15.7. The lowest BCUT2D eigenvalue weighted by atomic mass is 10.1. The molecule has 1 atom stereocenters. The first-order valence-corrected chi connectivity index (χ1v) is 8.93. The third kappa shape index (κ3) is 2.64. The van der Waals surface area contributed by atoms with Gasteiger partial charge in [0.05, 0.1) is 32.7 Å². The minimum atomic E-state index is -1.09. The van der Waals surface area contributed by atoms with Gasteiger partial charge in [0, 0.05) is 16.7 Å². The zero-order valence-corrected chi connectivity index (χ0v) is 13.9. The molecule has 0 spiro atoms. The predicted octanol–water partition coefficient (Wildman–Crippen LogP) is 4.25. The van der Waals surface area contributed by atoms with Gasteiger partial charge in [0.15, 0.2) is 0 Å². The first-order valence-electron chi connectivity index (χ1n) is 6.99. The van der Waals surface area contributed by atoms with Crippen LogP contribution in [0.1, 0.15) is 12.6 Å². The van der Waals surface area contributed by atoms with E-state index in [-0.39, 0.29) is 0 Å². The predicted molar refractivity (Wildman–Crippen MR) is 91.7 cm³/mol. The summed E-state index contributed by atoms with van der Waals surface area (Å²) in [5, 5.41) is 0.573. The summed E-state index contributed by atoms with van der Waals surface area (Å²) in [7, 11) is -1.09. The molecular formula is C17H15ClN2OS. The molecule has 0 aliphatic heterocycles. The number of para-hydroxylation sites is 1.